The van der Waals surface area contributed by atoms with Crippen molar-refractivity contribution in [3.05, 3.63) is 29.6 Å². The SMILES string of the molecule is Fc1cccc(CBr)c1N1CCCCC1. The zero-order chi connectivity index (χ0) is 10.7. The molecule has 0 unspecified atom stereocenters. The standard InChI is InChI=1S/C12H15BrFN/c13-9-10-5-4-6-11(14)12(10)15-7-2-1-3-8-15/h4-6H,1-3,7-9H2. The Morgan fingerprint density at radius 3 is 2.60 bits per heavy atom. The molecule has 1 nitrogen and oxygen atoms in total. The smallest absolute Gasteiger partial charge is 0.146 e. The van der Waals surface area contributed by atoms with Crippen LogP contribution in [0.5, 0.6) is 0 Å². The van der Waals surface area contributed by atoms with Crippen LogP contribution in [0.3, 0.4) is 0 Å². The van der Waals surface area contributed by atoms with Crippen LogP contribution in [-0.4, -0.2) is 13.1 Å². The molecule has 1 aliphatic heterocycles. The summed E-state index contributed by atoms with van der Waals surface area (Å²) in [5.74, 6) is -0.0890. The fraction of sp³-hybridized carbons (Fsp3) is 0.500. The lowest BCUT2D eigenvalue weighted by molar-refractivity contribution is 0.555. The number of alkyl halides is 1. The van der Waals surface area contributed by atoms with Crippen molar-refractivity contribution in [1.82, 2.24) is 0 Å². The predicted molar refractivity (Wildman–Crippen MR) is 65.1 cm³/mol. The Balaban J connectivity index is 2.31. The average molecular weight is 272 g/mol. The first kappa shape index (κ1) is 10.9. The fourth-order valence-electron chi connectivity index (χ4n) is 2.14. The van der Waals surface area contributed by atoms with Gasteiger partial charge in [-0.2, -0.15) is 0 Å². The Labute approximate surface area is 98.4 Å². The first-order valence-corrected chi connectivity index (χ1v) is 6.53. The van der Waals surface area contributed by atoms with Crippen LogP contribution in [0.2, 0.25) is 0 Å². The second-order valence-electron chi connectivity index (χ2n) is 3.93. The van der Waals surface area contributed by atoms with Crippen LogP contribution in [0.15, 0.2) is 18.2 Å². The Morgan fingerprint density at radius 1 is 1.20 bits per heavy atom. The Bertz CT molecular complexity index is 334. The minimum atomic E-state index is -0.0890. The first-order chi connectivity index (χ1) is 7.33. The lowest BCUT2D eigenvalue weighted by Gasteiger charge is -2.30. The van der Waals surface area contributed by atoms with E-state index in [2.05, 4.69) is 20.8 Å². The quantitative estimate of drug-likeness (QED) is 0.742. The molecule has 0 aromatic heterocycles. The van der Waals surface area contributed by atoms with Crippen molar-refractivity contribution in [1.29, 1.82) is 0 Å². The molecule has 0 saturated carbocycles. The Kier molecular flexibility index (Phi) is 3.62. The molecule has 0 bridgehead atoms. The van der Waals surface area contributed by atoms with Crippen LogP contribution in [0.1, 0.15) is 24.8 Å². The van der Waals surface area contributed by atoms with E-state index in [1.54, 1.807) is 12.1 Å². The molecule has 3 heteroatoms. The molecule has 1 aliphatic rings. The van der Waals surface area contributed by atoms with Crippen molar-refractivity contribution >= 4 is 21.6 Å². The van der Waals surface area contributed by atoms with Gasteiger partial charge in [0.2, 0.25) is 0 Å². The van der Waals surface area contributed by atoms with E-state index in [4.69, 9.17) is 0 Å². The van der Waals surface area contributed by atoms with Gasteiger partial charge in [-0.25, -0.2) is 4.39 Å². The number of piperidine rings is 1. The summed E-state index contributed by atoms with van der Waals surface area (Å²) in [6.07, 6.45) is 3.63. The lowest BCUT2D eigenvalue weighted by Crippen LogP contribution is -2.31. The number of nitrogens with zero attached hydrogens (tertiary/aromatic N) is 1. The zero-order valence-corrected chi connectivity index (χ0v) is 10.3. The van der Waals surface area contributed by atoms with E-state index in [1.807, 2.05) is 6.07 Å². The highest BCUT2D eigenvalue weighted by atomic mass is 79.9. The molecule has 0 aliphatic carbocycles. The van der Waals surface area contributed by atoms with Crippen molar-refractivity contribution in [2.24, 2.45) is 0 Å². The van der Waals surface area contributed by atoms with Gasteiger partial charge < -0.3 is 4.90 Å². The molecule has 0 amide bonds. The van der Waals surface area contributed by atoms with Gasteiger partial charge in [0.25, 0.3) is 0 Å². The van der Waals surface area contributed by atoms with Crippen molar-refractivity contribution in [3.8, 4) is 0 Å². The molecule has 0 N–H and O–H groups in total. The van der Waals surface area contributed by atoms with Crippen LogP contribution < -0.4 is 4.90 Å². The molecular formula is C12H15BrFN. The fourth-order valence-corrected chi connectivity index (χ4v) is 2.59. The highest BCUT2D eigenvalue weighted by Crippen LogP contribution is 2.28. The lowest BCUT2D eigenvalue weighted by atomic mass is 10.1. The highest BCUT2D eigenvalue weighted by Gasteiger charge is 2.17. The van der Waals surface area contributed by atoms with E-state index >= 15 is 0 Å². The minimum absolute atomic E-state index is 0.0890. The van der Waals surface area contributed by atoms with Crippen LogP contribution in [-0.2, 0) is 5.33 Å². The molecule has 1 aromatic carbocycles. The number of para-hydroxylation sites is 1. The average Bonchev–Trinajstić information content (AvgIpc) is 2.29. The van der Waals surface area contributed by atoms with E-state index in [1.165, 1.54) is 19.3 Å². The van der Waals surface area contributed by atoms with Gasteiger partial charge in [0.1, 0.15) is 5.82 Å². The minimum Gasteiger partial charge on any atom is -0.369 e. The van der Waals surface area contributed by atoms with Gasteiger partial charge in [-0.05, 0) is 30.9 Å². The molecule has 0 atom stereocenters. The van der Waals surface area contributed by atoms with Crippen LogP contribution in [0.4, 0.5) is 10.1 Å². The molecule has 1 heterocycles. The van der Waals surface area contributed by atoms with Gasteiger partial charge >= 0.3 is 0 Å². The third-order valence-electron chi connectivity index (χ3n) is 2.89. The maximum Gasteiger partial charge on any atom is 0.146 e. The number of hydrogen-bond donors (Lipinski definition) is 0. The molecule has 0 radical (unpaired) electrons. The van der Waals surface area contributed by atoms with Crippen molar-refractivity contribution in [3.63, 3.8) is 0 Å². The number of benzene rings is 1. The summed E-state index contributed by atoms with van der Waals surface area (Å²) in [6.45, 7) is 1.97. The van der Waals surface area contributed by atoms with Gasteiger partial charge in [-0.3, -0.25) is 0 Å². The summed E-state index contributed by atoms with van der Waals surface area (Å²) in [7, 11) is 0. The number of rotatable bonds is 2. The molecule has 1 aromatic rings. The first-order valence-electron chi connectivity index (χ1n) is 5.41. The second-order valence-corrected chi connectivity index (χ2v) is 4.49. The highest BCUT2D eigenvalue weighted by molar-refractivity contribution is 9.08. The van der Waals surface area contributed by atoms with E-state index in [0.29, 0.717) is 0 Å². The normalized spacial score (nSPS) is 16.8. The van der Waals surface area contributed by atoms with Crippen LogP contribution >= 0.6 is 15.9 Å². The number of anilines is 1. The molecule has 15 heavy (non-hydrogen) atoms. The van der Waals surface area contributed by atoms with E-state index in [9.17, 15) is 4.39 Å². The van der Waals surface area contributed by atoms with Gasteiger partial charge in [-0.1, -0.05) is 28.1 Å². The maximum absolute atomic E-state index is 13.8. The number of halogens is 2. The summed E-state index contributed by atoms with van der Waals surface area (Å²) in [5.41, 5.74) is 1.85. The molecule has 2 rings (SSSR count). The van der Waals surface area contributed by atoms with Crippen LogP contribution in [0.25, 0.3) is 0 Å². The third-order valence-corrected chi connectivity index (χ3v) is 3.49. The van der Waals surface area contributed by atoms with Gasteiger partial charge in [-0.15, -0.1) is 0 Å². The molecule has 1 saturated heterocycles. The predicted octanol–water partition coefficient (Wildman–Crippen LogP) is 3.71. The van der Waals surface area contributed by atoms with E-state index in [-0.39, 0.29) is 5.82 Å². The van der Waals surface area contributed by atoms with Crippen LogP contribution in [0, 0.1) is 5.82 Å². The number of hydrogen-bond acceptors (Lipinski definition) is 1. The monoisotopic (exact) mass is 271 g/mol. The molecule has 1 fully saturated rings. The molecule has 0 spiro atoms. The van der Waals surface area contributed by atoms with Gasteiger partial charge in [0.05, 0.1) is 5.69 Å². The molecule has 82 valence electrons. The van der Waals surface area contributed by atoms with Gasteiger partial charge in [0, 0.05) is 18.4 Å². The summed E-state index contributed by atoms with van der Waals surface area (Å²) in [5, 5.41) is 0.719. The van der Waals surface area contributed by atoms with Crippen molar-refractivity contribution in [2.45, 2.75) is 24.6 Å². The van der Waals surface area contributed by atoms with E-state index < -0.39 is 0 Å². The Morgan fingerprint density at radius 2 is 1.93 bits per heavy atom. The molecular weight excluding hydrogens is 257 g/mol. The summed E-state index contributed by atoms with van der Waals surface area (Å²) < 4.78 is 13.8. The summed E-state index contributed by atoms with van der Waals surface area (Å²) in [6, 6.07) is 5.32. The van der Waals surface area contributed by atoms with Crippen molar-refractivity contribution < 1.29 is 4.39 Å². The van der Waals surface area contributed by atoms with Gasteiger partial charge in [0.15, 0.2) is 0 Å². The largest absolute Gasteiger partial charge is 0.369 e. The zero-order valence-electron chi connectivity index (χ0n) is 8.68. The second kappa shape index (κ2) is 4.97. The summed E-state index contributed by atoms with van der Waals surface area (Å²) >= 11 is 3.42. The van der Waals surface area contributed by atoms with Crippen molar-refractivity contribution in [2.75, 3.05) is 18.0 Å². The third kappa shape index (κ3) is 2.33. The topological polar surface area (TPSA) is 3.24 Å². The maximum atomic E-state index is 13.8. The van der Waals surface area contributed by atoms with E-state index in [0.717, 1.165) is 29.7 Å². The Hall–Kier alpha value is -0.570. The summed E-state index contributed by atoms with van der Waals surface area (Å²) in [4.78, 5) is 2.18.